The Balaban J connectivity index is 1.82. The average Bonchev–Trinajstić information content (AvgIpc) is 3.22. The monoisotopic (exact) mass is 361 g/mol. The van der Waals surface area contributed by atoms with Gasteiger partial charge in [-0.05, 0) is 24.4 Å². The lowest BCUT2D eigenvalue weighted by molar-refractivity contribution is 0.0848. The van der Waals surface area contributed by atoms with E-state index in [9.17, 15) is 9.59 Å². The summed E-state index contributed by atoms with van der Waals surface area (Å²) in [5.74, 6) is -0.604. The molecule has 0 aliphatic rings. The van der Waals surface area contributed by atoms with E-state index >= 15 is 0 Å². The molecule has 0 saturated heterocycles. The first kappa shape index (κ1) is 16.2. The largest absolute Gasteiger partial charge is 0.360 e. The molecule has 1 aromatic carbocycles. The summed E-state index contributed by atoms with van der Waals surface area (Å²) >= 11 is 7.43. The fourth-order valence-corrected chi connectivity index (χ4v) is 2.97. The van der Waals surface area contributed by atoms with Gasteiger partial charge in [0.05, 0.1) is 9.90 Å². The number of hydrogen-bond donors (Lipinski definition) is 2. The summed E-state index contributed by atoms with van der Waals surface area (Å²) in [5, 5.41) is 6.13. The van der Waals surface area contributed by atoms with Crippen molar-refractivity contribution >= 4 is 34.8 Å². The lowest BCUT2D eigenvalue weighted by Crippen LogP contribution is -2.41. The molecule has 0 spiro atoms. The van der Waals surface area contributed by atoms with E-state index in [-0.39, 0.29) is 5.56 Å². The number of rotatable bonds is 3. The number of hydrazine groups is 1. The molecule has 0 radical (unpaired) electrons. The molecule has 3 aromatic rings. The summed E-state index contributed by atoms with van der Waals surface area (Å²) in [7, 11) is 0. The Kier molecular flexibility index (Phi) is 4.64. The van der Waals surface area contributed by atoms with Crippen LogP contribution in [0.3, 0.4) is 0 Å². The average molecular weight is 362 g/mol. The van der Waals surface area contributed by atoms with E-state index in [0.717, 1.165) is 0 Å². The van der Waals surface area contributed by atoms with E-state index in [0.29, 0.717) is 26.9 Å². The first-order chi connectivity index (χ1) is 11.6. The summed E-state index contributed by atoms with van der Waals surface area (Å²) in [5.41, 5.74) is 5.84. The number of carbonyl (C=O) groups excluding carboxylic acids is 2. The number of carbonyl (C=O) groups is 2. The Hall–Kier alpha value is -2.64. The number of hydrogen-bond acceptors (Lipinski definition) is 5. The maximum Gasteiger partial charge on any atom is 0.279 e. The minimum atomic E-state index is -0.534. The number of benzene rings is 1. The highest BCUT2D eigenvalue weighted by atomic mass is 35.5. The molecule has 0 aliphatic carbocycles. The van der Waals surface area contributed by atoms with Crippen molar-refractivity contribution in [1.29, 1.82) is 0 Å². The Labute approximate surface area is 146 Å². The van der Waals surface area contributed by atoms with Gasteiger partial charge in [-0.25, -0.2) is 0 Å². The van der Waals surface area contributed by atoms with Crippen molar-refractivity contribution in [3.8, 4) is 11.3 Å². The van der Waals surface area contributed by atoms with Crippen molar-refractivity contribution in [3.63, 3.8) is 0 Å². The molecule has 122 valence electrons. The van der Waals surface area contributed by atoms with Gasteiger partial charge in [0.1, 0.15) is 17.0 Å². The number of nitrogens with one attached hydrogen (secondary N) is 2. The fraction of sp³-hybridized carbons (Fsp3) is 0.0625. The molecule has 0 bridgehead atoms. The second-order valence-electron chi connectivity index (χ2n) is 4.83. The van der Waals surface area contributed by atoms with Crippen LogP contribution in [0.5, 0.6) is 0 Å². The molecule has 0 unspecified atom stereocenters. The van der Waals surface area contributed by atoms with Gasteiger partial charge in [0.15, 0.2) is 0 Å². The summed E-state index contributed by atoms with van der Waals surface area (Å²) < 4.78 is 5.13. The third-order valence-electron chi connectivity index (χ3n) is 3.25. The van der Waals surface area contributed by atoms with E-state index < -0.39 is 11.8 Å². The van der Waals surface area contributed by atoms with E-state index in [1.165, 1.54) is 11.3 Å². The number of halogens is 1. The zero-order valence-electron chi connectivity index (χ0n) is 12.5. The van der Waals surface area contributed by atoms with Crippen LogP contribution in [0.15, 0.2) is 46.3 Å². The molecule has 2 amide bonds. The lowest BCUT2D eigenvalue weighted by Gasteiger charge is -2.07. The van der Waals surface area contributed by atoms with Crippen LogP contribution in [0, 0.1) is 6.92 Å². The van der Waals surface area contributed by atoms with Crippen molar-refractivity contribution < 1.29 is 14.1 Å². The smallest absolute Gasteiger partial charge is 0.279 e. The van der Waals surface area contributed by atoms with E-state index in [4.69, 9.17) is 16.1 Å². The Bertz CT molecular complexity index is 890. The number of thiophene rings is 1. The van der Waals surface area contributed by atoms with Gasteiger partial charge in [0.2, 0.25) is 0 Å². The van der Waals surface area contributed by atoms with Gasteiger partial charge in [-0.3, -0.25) is 20.4 Å². The van der Waals surface area contributed by atoms with Gasteiger partial charge in [-0.2, -0.15) is 0 Å². The van der Waals surface area contributed by atoms with Crippen LogP contribution in [0.25, 0.3) is 11.3 Å². The highest BCUT2D eigenvalue weighted by molar-refractivity contribution is 7.12. The second kappa shape index (κ2) is 6.86. The minimum Gasteiger partial charge on any atom is -0.360 e. The number of nitrogens with zero attached hydrogens (tertiary/aromatic N) is 1. The number of aryl methyl sites for hydroxylation is 1. The van der Waals surface area contributed by atoms with Gasteiger partial charge in [-0.1, -0.05) is 41.0 Å². The Morgan fingerprint density at radius 1 is 1.12 bits per heavy atom. The quantitative estimate of drug-likeness (QED) is 0.700. The zero-order chi connectivity index (χ0) is 17.1. The third kappa shape index (κ3) is 3.17. The fourth-order valence-electron chi connectivity index (χ4n) is 2.12. The molecule has 2 aromatic heterocycles. The molecule has 0 aliphatic heterocycles. The van der Waals surface area contributed by atoms with E-state index in [1.54, 1.807) is 48.7 Å². The van der Waals surface area contributed by atoms with E-state index in [2.05, 4.69) is 16.0 Å². The summed E-state index contributed by atoms with van der Waals surface area (Å²) in [6, 6.07) is 10.4. The van der Waals surface area contributed by atoms with Crippen molar-refractivity contribution in [2.75, 3.05) is 0 Å². The maximum absolute atomic E-state index is 12.4. The minimum absolute atomic E-state index is 0.217. The van der Waals surface area contributed by atoms with Gasteiger partial charge >= 0.3 is 0 Å². The molecule has 0 saturated carbocycles. The van der Waals surface area contributed by atoms with E-state index in [1.807, 2.05) is 0 Å². The topological polar surface area (TPSA) is 84.2 Å². The predicted molar refractivity (Wildman–Crippen MR) is 90.9 cm³/mol. The highest BCUT2D eigenvalue weighted by Gasteiger charge is 2.23. The van der Waals surface area contributed by atoms with Gasteiger partial charge in [0.25, 0.3) is 11.8 Å². The molecule has 0 fully saturated rings. The molecule has 2 heterocycles. The molecular weight excluding hydrogens is 350 g/mol. The Morgan fingerprint density at radius 3 is 2.58 bits per heavy atom. The van der Waals surface area contributed by atoms with Crippen LogP contribution in [0.4, 0.5) is 0 Å². The van der Waals surface area contributed by atoms with Crippen molar-refractivity contribution in [2.24, 2.45) is 0 Å². The summed E-state index contributed by atoms with van der Waals surface area (Å²) in [6.45, 7) is 1.61. The van der Waals surface area contributed by atoms with Crippen LogP contribution in [0.2, 0.25) is 5.02 Å². The standard InChI is InChI=1S/C16H12ClN3O3S/c1-9-13(14(20-23-9)10-5-2-3-6-11(10)17)16(22)19-18-15(21)12-7-4-8-24-12/h2-8H,1H3,(H,18,21)(H,19,22). The molecule has 6 nitrogen and oxygen atoms in total. The second-order valence-corrected chi connectivity index (χ2v) is 6.18. The third-order valence-corrected chi connectivity index (χ3v) is 4.45. The Morgan fingerprint density at radius 2 is 1.88 bits per heavy atom. The van der Waals surface area contributed by atoms with Gasteiger partial charge in [-0.15, -0.1) is 11.3 Å². The molecule has 8 heteroatoms. The predicted octanol–water partition coefficient (Wildman–Crippen LogP) is 3.44. The SMILES string of the molecule is Cc1onc(-c2ccccc2Cl)c1C(=O)NNC(=O)c1cccs1. The van der Waals surface area contributed by atoms with Crippen LogP contribution < -0.4 is 10.9 Å². The maximum atomic E-state index is 12.4. The van der Waals surface area contributed by atoms with Gasteiger partial charge < -0.3 is 4.52 Å². The lowest BCUT2D eigenvalue weighted by atomic mass is 10.1. The first-order valence-electron chi connectivity index (χ1n) is 6.93. The van der Waals surface area contributed by atoms with Crippen molar-refractivity contribution in [1.82, 2.24) is 16.0 Å². The molecule has 24 heavy (non-hydrogen) atoms. The summed E-state index contributed by atoms with van der Waals surface area (Å²) in [6.07, 6.45) is 0. The molecule has 2 N–H and O–H groups in total. The molecule has 3 rings (SSSR count). The number of amides is 2. The molecular formula is C16H12ClN3O3S. The van der Waals surface area contributed by atoms with Gasteiger partial charge in [0, 0.05) is 5.56 Å². The van der Waals surface area contributed by atoms with Crippen LogP contribution >= 0.6 is 22.9 Å². The zero-order valence-corrected chi connectivity index (χ0v) is 14.1. The van der Waals surface area contributed by atoms with Crippen LogP contribution in [0.1, 0.15) is 25.8 Å². The van der Waals surface area contributed by atoms with Crippen molar-refractivity contribution in [2.45, 2.75) is 6.92 Å². The summed E-state index contributed by atoms with van der Waals surface area (Å²) in [4.78, 5) is 24.8. The van der Waals surface area contributed by atoms with Crippen LogP contribution in [-0.2, 0) is 0 Å². The molecule has 0 atom stereocenters. The number of aromatic nitrogens is 1. The highest BCUT2D eigenvalue weighted by Crippen LogP contribution is 2.30. The van der Waals surface area contributed by atoms with Crippen molar-refractivity contribution in [3.05, 3.63) is 63.0 Å². The normalized spacial score (nSPS) is 10.4. The first-order valence-corrected chi connectivity index (χ1v) is 8.19. The van der Waals surface area contributed by atoms with Crippen LogP contribution in [-0.4, -0.2) is 17.0 Å².